The van der Waals surface area contributed by atoms with Gasteiger partial charge in [0.15, 0.2) is 0 Å². The zero-order chi connectivity index (χ0) is 25.8. The van der Waals surface area contributed by atoms with Crippen LogP contribution in [0.15, 0.2) is 66.9 Å². The molecule has 5 rings (SSSR count). The summed E-state index contributed by atoms with van der Waals surface area (Å²) >= 11 is 0. The number of hydrogen-bond donors (Lipinski definition) is 1. The van der Waals surface area contributed by atoms with Crippen molar-refractivity contribution in [2.45, 2.75) is 39.2 Å². The molecule has 0 unspecified atom stereocenters. The quantitative estimate of drug-likeness (QED) is 0.312. The van der Waals surface area contributed by atoms with E-state index in [1.54, 1.807) is 13.2 Å². The van der Waals surface area contributed by atoms with E-state index >= 15 is 0 Å². The average molecular weight is 498 g/mol. The second kappa shape index (κ2) is 11.1. The Morgan fingerprint density at radius 1 is 0.973 bits per heavy atom. The number of aryl methyl sites for hydroxylation is 1. The average Bonchev–Trinajstić information content (AvgIpc) is 3.19. The maximum absolute atomic E-state index is 14.9. The highest BCUT2D eigenvalue weighted by molar-refractivity contribution is 6.06. The van der Waals surface area contributed by atoms with E-state index in [1.165, 1.54) is 43.4 Å². The molecule has 37 heavy (non-hydrogen) atoms. The van der Waals surface area contributed by atoms with Crippen LogP contribution in [0, 0.1) is 12.7 Å². The normalized spacial score (nSPS) is 14.4. The molecule has 1 fully saturated rings. The van der Waals surface area contributed by atoms with Gasteiger partial charge in [-0.2, -0.15) is 0 Å². The van der Waals surface area contributed by atoms with Gasteiger partial charge < -0.3 is 10.1 Å². The van der Waals surface area contributed by atoms with Crippen molar-refractivity contribution < 1.29 is 13.9 Å². The highest BCUT2D eigenvalue weighted by Gasteiger charge is 2.16. The van der Waals surface area contributed by atoms with E-state index in [9.17, 15) is 9.18 Å². The third-order valence-corrected chi connectivity index (χ3v) is 7.15. The van der Waals surface area contributed by atoms with Crippen LogP contribution in [0.25, 0.3) is 22.0 Å². The molecule has 1 amide bonds. The van der Waals surface area contributed by atoms with Gasteiger partial charge in [-0.1, -0.05) is 37.1 Å². The first-order valence-corrected chi connectivity index (χ1v) is 12.9. The standard InChI is InChI=1S/C31H32FN3O2/c1-21-29(14-10-25-17-22(19-33-30(21)25)20-35-15-5-3-4-6-16-35)34-31(36)27-13-9-24(18-28(27)32)23-7-11-26(37-2)12-8-23/h7-14,17-19H,3-6,15-16,20H2,1-2H3,(H,34,36). The van der Waals surface area contributed by atoms with Gasteiger partial charge in [0.2, 0.25) is 0 Å². The van der Waals surface area contributed by atoms with Gasteiger partial charge in [0.05, 0.1) is 18.2 Å². The minimum Gasteiger partial charge on any atom is -0.497 e. The van der Waals surface area contributed by atoms with E-state index < -0.39 is 11.7 Å². The van der Waals surface area contributed by atoms with Crippen LogP contribution in [0.2, 0.25) is 0 Å². The number of methoxy groups -OCH3 is 1. The summed E-state index contributed by atoms with van der Waals surface area (Å²) in [5.74, 6) is -0.325. The number of rotatable bonds is 6. The Hall–Kier alpha value is -3.77. The van der Waals surface area contributed by atoms with Crippen LogP contribution in [0.4, 0.5) is 10.1 Å². The number of pyridine rings is 1. The lowest BCUT2D eigenvalue weighted by Crippen LogP contribution is -2.24. The van der Waals surface area contributed by atoms with Crippen LogP contribution >= 0.6 is 0 Å². The Labute approximate surface area is 217 Å². The summed E-state index contributed by atoms with van der Waals surface area (Å²) in [6, 6.07) is 18.0. The molecule has 6 heteroatoms. The lowest BCUT2D eigenvalue weighted by atomic mass is 10.0. The van der Waals surface area contributed by atoms with Crippen molar-refractivity contribution in [3.8, 4) is 16.9 Å². The molecule has 5 nitrogen and oxygen atoms in total. The molecule has 0 radical (unpaired) electrons. The number of carbonyl (C=O) groups is 1. The molecule has 1 aliphatic rings. The number of amides is 1. The lowest BCUT2D eigenvalue weighted by Gasteiger charge is -2.20. The van der Waals surface area contributed by atoms with Gasteiger partial charge in [0.25, 0.3) is 5.91 Å². The number of carbonyl (C=O) groups excluding carboxylic acids is 1. The number of benzene rings is 3. The molecular formula is C31H32FN3O2. The first kappa shape index (κ1) is 24.9. The van der Waals surface area contributed by atoms with Crippen LogP contribution in [-0.2, 0) is 6.54 Å². The summed E-state index contributed by atoms with van der Waals surface area (Å²) in [6.07, 6.45) is 7.08. The third kappa shape index (κ3) is 5.65. The van der Waals surface area contributed by atoms with E-state index in [4.69, 9.17) is 9.72 Å². The molecule has 190 valence electrons. The summed E-state index contributed by atoms with van der Waals surface area (Å²) < 4.78 is 20.1. The molecule has 4 aromatic rings. The number of hydrogen-bond acceptors (Lipinski definition) is 4. The molecule has 1 aromatic heterocycles. The van der Waals surface area contributed by atoms with Crippen molar-refractivity contribution in [2.24, 2.45) is 0 Å². The van der Waals surface area contributed by atoms with Crippen LogP contribution in [0.3, 0.4) is 0 Å². The second-order valence-electron chi connectivity index (χ2n) is 9.72. The smallest absolute Gasteiger partial charge is 0.258 e. The molecule has 1 saturated heterocycles. The summed E-state index contributed by atoms with van der Waals surface area (Å²) in [5, 5.41) is 3.92. The van der Waals surface area contributed by atoms with Crippen LogP contribution in [0.5, 0.6) is 5.75 Å². The van der Waals surface area contributed by atoms with Crippen molar-refractivity contribution >= 4 is 22.5 Å². The van der Waals surface area contributed by atoms with Crippen molar-refractivity contribution in [3.63, 3.8) is 0 Å². The fourth-order valence-corrected chi connectivity index (χ4v) is 5.02. The Morgan fingerprint density at radius 2 is 1.70 bits per heavy atom. The van der Waals surface area contributed by atoms with E-state index in [1.807, 2.05) is 49.5 Å². The first-order valence-electron chi connectivity index (χ1n) is 12.9. The van der Waals surface area contributed by atoms with Gasteiger partial charge in [-0.3, -0.25) is 14.7 Å². The van der Waals surface area contributed by atoms with Gasteiger partial charge in [-0.05, 0) is 91.5 Å². The van der Waals surface area contributed by atoms with Gasteiger partial charge in [-0.15, -0.1) is 0 Å². The van der Waals surface area contributed by atoms with Gasteiger partial charge in [0.1, 0.15) is 11.6 Å². The SMILES string of the molecule is COc1ccc(-c2ccc(C(=O)Nc3ccc4cc(CN5CCCCCC5)cnc4c3C)c(F)c2)cc1. The van der Waals surface area contributed by atoms with Crippen LogP contribution < -0.4 is 10.1 Å². The van der Waals surface area contributed by atoms with Crippen molar-refractivity contribution in [1.29, 1.82) is 0 Å². The van der Waals surface area contributed by atoms with Crippen LogP contribution in [0.1, 0.15) is 47.2 Å². The van der Waals surface area contributed by atoms with Crippen molar-refractivity contribution in [1.82, 2.24) is 9.88 Å². The zero-order valence-corrected chi connectivity index (χ0v) is 21.4. The number of nitrogens with zero attached hydrogens (tertiary/aromatic N) is 2. The highest BCUT2D eigenvalue weighted by atomic mass is 19.1. The molecule has 3 aromatic carbocycles. The summed E-state index contributed by atoms with van der Waals surface area (Å²) in [6.45, 7) is 5.12. The molecule has 1 N–H and O–H groups in total. The maximum Gasteiger partial charge on any atom is 0.258 e. The lowest BCUT2D eigenvalue weighted by molar-refractivity contribution is 0.102. The topological polar surface area (TPSA) is 54.5 Å². The van der Waals surface area contributed by atoms with E-state index in [0.29, 0.717) is 11.3 Å². The number of nitrogens with one attached hydrogen (secondary N) is 1. The largest absolute Gasteiger partial charge is 0.497 e. The summed E-state index contributed by atoms with van der Waals surface area (Å²) in [4.78, 5) is 20.2. The number of anilines is 1. The monoisotopic (exact) mass is 497 g/mol. The van der Waals surface area contributed by atoms with Crippen LogP contribution in [-0.4, -0.2) is 36.0 Å². The Morgan fingerprint density at radius 3 is 2.41 bits per heavy atom. The van der Waals surface area contributed by atoms with Crippen molar-refractivity contribution in [3.05, 3.63) is 89.4 Å². The minimum atomic E-state index is -0.569. The van der Waals surface area contributed by atoms with Gasteiger partial charge in [0, 0.05) is 23.8 Å². The predicted molar refractivity (Wildman–Crippen MR) is 147 cm³/mol. The molecule has 0 atom stereocenters. The Kier molecular flexibility index (Phi) is 7.47. The predicted octanol–water partition coefficient (Wildman–Crippen LogP) is 6.99. The Balaban J connectivity index is 1.32. The zero-order valence-electron chi connectivity index (χ0n) is 21.4. The molecule has 0 bridgehead atoms. The number of likely N-dealkylation sites (tertiary alicyclic amines) is 1. The third-order valence-electron chi connectivity index (χ3n) is 7.15. The second-order valence-corrected chi connectivity index (χ2v) is 9.72. The van der Waals surface area contributed by atoms with Crippen molar-refractivity contribution in [2.75, 3.05) is 25.5 Å². The van der Waals surface area contributed by atoms with Gasteiger partial charge >= 0.3 is 0 Å². The molecule has 2 heterocycles. The minimum absolute atomic E-state index is 0.00230. The summed E-state index contributed by atoms with van der Waals surface area (Å²) in [7, 11) is 1.60. The Bertz CT molecular complexity index is 1410. The molecule has 0 saturated carbocycles. The number of fused-ring (bicyclic) bond motifs is 1. The number of ether oxygens (including phenoxy) is 1. The molecule has 0 aliphatic carbocycles. The summed E-state index contributed by atoms with van der Waals surface area (Å²) in [5.41, 5.74) is 5.07. The molecule has 0 spiro atoms. The highest BCUT2D eigenvalue weighted by Crippen LogP contribution is 2.28. The first-order chi connectivity index (χ1) is 18.0. The number of aromatic nitrogens is 1. The number of halogens is 1. The molecule has 1 aliphatic heterocycles. The van der Waals surface area contributed by atoms with E-state index in [0.717, 1.165) is 47.4 Å². The maximum atomic E-state index is 14.9. The van der Waals surface area contributed by atoms with E-state index in [2.05, 4.69) is 16.3 Å². The molecular weight excluding hydrogens is 465 g/mol. The fourth-order valence-electron chi connectivity index (χ4n) is 5.02. The fraction of sp³-hybridized carbons (Fsp3) is 0.290. The van der Waals surface area contributed by atoms with E-state index in [-0.39, 0.29) is 5.56 Å². The van der Waals surface area contributed by atoms with Gasteiger partial charge in [-0.25, -0.2) is 4.39 Å².